The maximum Gasteiger partial charge on any atom is 0.372 e. The number of hydrogen-bond donors (Lipinski definition) is 0. The predicted molar refractivity (Wildman–Crippen MR) is 55.5 cm³/mol. The summed E-state index contributed by atoms with van der Waals surface area (Å²) in [5.74, 6) is 0.233. The number of allylic oxidation sites excluding steroid dienone is 4. The normalized spacial score (nSPS) is 14.9. The van der Waals surface area contributed by atoms with Gasteiger partial charge in [0.25, 0.3) is 0 Å². The zero-order valence-corrected chi connectivity index (χ0v) is 8.38. The van der Waals surface area contributed by atoms with Crippen molar-refractivity contribution >= 4 is 5.70 Å². The Morgan fingerprint density at radius 3 is 2.93 bits per heavy atom. The first kappa shape index (κ1) is 9.64. The van der Waals surface area contributed by atoms with Gasteiger partial charge in [0.05, 0.1) is 12.8 Å². The molecular weight excluding hydrogens is 194 g/mol. The SMILES string of the molecule is COc1cnn(C2=CCCC=C2)c(=O)n1. The maximum absolute atomic E-state index is 11.5. The first-order chi connectivity index (χ1) is 7.31. The van der Waals surface area contributed by atoms with Gasteiger partial charge in [-0.05, 0) is 18.9 Å². The Morgan fingerprint density at radius 2 is 2.33 bits per heavy atom. The van der Waals surface area contributed by atoms with Crippen molar-refractivity contribution in [3.63, 3.8) is 0 Å². The molecule has 0 amide bonds. The molecule has 0 bridgehead atoms. The van der Waals surface area contributed by atoms with Crippen LogP contribution in [0.1, 0.15) is 12.8 Å². The smallest absolute Gasteiger partial charge is 0.372 e. The zero-order chi connectivity index (χ0) is 10.7. The summed E-state index contributed by atoms with van der Waals surface area (Å²) < 4.78 is 6.08. The summed E-state index contributed by atoms with van der Waals surface area (Å²) in [5, 5.41) is 3.97. The van der Waals surface area contributed by atoms with E-state index in [-0.39, 0.29) is 5.88 Å². The zero-order valence-electron chi connectivity index (χ0n) is 8.38. The van der Waals surface area contributed by atoms with E-state index in [1.165, 1.54) is 18.0 Å². The lowest BCUT2D eigenvalue weighted by atomic mass is 10.1. The van der Waals surface area contributed by atoms with Gasteiger partial charge in [-0.15, -0.1) is 0 Å². The minimum Gasteiger partial charge on any atom is -0.480 e. The number of nitrogens with zero attached hydrogens (tertiary/aromatic N) is 3. The van der Waals surface area contributed by atoms with E-state index in [0.717, 1.165) is 18.5 Å². The molecule has 0 radical (unpaired) electrons. The Bertz CT molecular complexity index is 474. The number of methoxy groups -OCH3 is 1. The fourth-order valence-corrected chi connectivity index (χ4v) is 1.36. The van der Waals surface area contributed by atoms with Crippen LogP contribution >= 0.6 is 0 Å². The molecule has 0 saturated heterocycles. The van der Waals surface area contributed by atoms with Gasteiger partial charge in [-0.25, -0.2) is 4.79 Å². The lowest BCUT2D eigenvalue weighted by Gasteiger charge is -2.07. The van der Waals surface area contributed by atoms with Crippen LogP contribution in [0.5, 0.6) is 5.88 Å². The average molecular weight is 205 g/mol. The molecule has 0 aromatic carbocycles. The van der Waals surface area contributed by atoms with E-state index in [1.54, 1.807) is 0 Å². The van der Waals surface area contributed by atoms with E-state index >= 15 is 0 Å². The molecule has 1 aromatic heterocycles. The van der Waals surface area contributed by atoms with Gasteiger partial charge in [-0.3, -0.25) is 0 Å². The fourth-order valence-electron chi connectivity index (χ4n) is 1.36. The van der Waals surface area contributed by atoms with Crippen LogP contribution in [-0.4, -0.2) is 21.9 Å². The van der Waals surface area contributed by atoms with Crippen LogP contribution in [0, 0.1) is 0 Å². The molecular formula is C10H11N3O2. The van der Waals surface area contributed by atoms with E-state index in [1.807, 2.05) is 18.2 Å². The molecule has 1 aliphatic rings. The molecule has 0 aliphatic heterocycles. The third kappa shape index (κ3) is 1.96. The predicted octanol–water partition coefficient (Wildman–Crippen LogP) is 0.838. The second-order valence-corrected chi connectivity index (χ2v) is 3.10. The highest BCUT2D eigenvalue weighted by atomic mass is 16.5. The molecule has 2 rings (SSSR count). The molecule has 0 saturated carbocycles. The summed E-state index contributed by atoms with van der Waals surface area (Å²) in [6.45, 7) is 0. The molecule has 0 unspecified atom stereocenters. The van der Waals surface area contributed by atoms with Crippen LogP contribution in [0.3, 0.4) is 0 Å². The maximum atomic E-state index is 11.5. The molecule has 5 heteroatoms. The third-order valence-electron chi connectivity index (χ3n) is 2.10. The Kier molecular flexibility index (Phi) is 2.62. The monoisotopic (exact) mass is 205 g/mol. The van der Waals surface area contributed by atoms with Crippen LogP contribution in [0.4, 0.5) is 0 Å². The first-order valence-corrected chi connectivity index (χ1v) is 4.68. The van der Waals surface area contributed by atoms with Crippen molar-refractivity contribution in [3.05, 3.63) is 34.9 Å². The third-order valence-corrected chi connectivity index (χ3v) is 2.10. The van der Waals surface area contributed by atoms with Crippen LogP contribution in [0.25, 0.3) is 5.70 Å². The molecule has 78 valence electrons. The van der Waals surface area contributed by atoms with Crippen LogP contribution in [-0.2, 0) is 0 Å². The van der Waals surface area contributed by atoms with Gasteiger partial charge in [0.2, 0.25) is 5.88 Å². The Morgan fingerprint density at radius 1 is 1.47 bits per heavy atom. The number of rotatable bonds is 2. The summed E-state index contributed by atoms with van der Waals surface area (Å²) in [7, 11) is 1.45. The molecule has 5 nitrogen and oxygen atoms in total. The number of hydrogen-bond acceptors (Lipinski definition) is 4. The van der Waals surface area contributed by atoms with Crippen LogP contribution < -0.4 is 10.4 Å². The molecule has 1 aromatic rings. The number of aromatic nitrogens is 3. The van der Waals surface area contributed by atoms with E-state index in [2.05, 4.69) is 10.1 Å². The van der Waals surface area contributed by atoms with Crippen LogP contribution in [0.15, 0.2) is 29.2 Å². The van der Waals surface area contributed by atoms with Gasteiger partial charge >= 0.3 is 5.69 Å². The highest BCUT2D eigenvalue weighted by Crippen LogP contribution is 2.11. The standard InChI is InChI=1S/C10H11N3O2/c1-15-9-7-11-13(10(14)12-9)8-5-3-2-4-6-8/h3,5-7H,2,4H2,1H3. The Balaban J connectivity index is 2.41. The highest BCUT2D eigenvalue weighted by Gasteiger charge is 2.06. The van der Waals surface area contributed by atoms with E-state index in [9.17, 15) is 4.79 Å². The highest BCUT2D eigenvalue weighted by molar-refractivity contribution is 5.56. The van der Waals surface area contributed by atoms with E-state index < -0.39 is 5.69 Å². The largest absolute Gasteiger partial charge is 0.480 e. The fraction of sp³-hybridized carbons (Fsp3) is 0.300. The summed E-state index contributed by atoms with van der Waals surface area (Å²) in [4.78, 5) is 15.2. The van der Waals surface area contributed by atoms with Gasteiger partial charge in [-0.1, -0.05) is 12.2 Å². The van der Waals surface area contributed by atoms with Gasteiger partial charge in [0.1, 0.15) is 6.20 Å². The molecule has 0 atom stereocenters. The molecule has 1 heterocycles. The second kappa shape index (κ2) is 4.08. The van der Waals surface area contributed by atoms with Crippen molar-refractivity contribution in [2.75, 3.05) is 7.11 Å². The average Bonchev–Trinajstić information content (AvgIpc) is 2.30. The minimum absolute atomic E-state index is 0.233. The molecule has 0 fully saturated rings. The van der Waals surface area contributed by atoms with E-state index in [4.69, 9.17) is 4.74 Å². The summed E-state index contributed by atoms with van der Waals surface area (Å²) >= 11 is 0. The topological polar surface area (TPSA) is 57.0 Å². The number of ether oxygens (including phenoxy) is 1. The lowest BCUT2D eigenvalue weighted by Crippen LogP contribution is -2.24. The van der Waals surface area contributed by atoms with Crippen molar-refractivity contribution in [1.82, 2.24) is 14.8 Å². The quantitative estimate of drug-likeness (QED) is 0.717. The van der Waals surface area contributed by atoms with Crippen molar-refractivity contribution in [3.8, 4) is 5.88 Å². The van der Waals surface area contributed by atoms with Crippen molar-refractivity contribution < 1.29 is 4.74 Å². The summed E-state index contributed by atoms with van der Waals surface area (Å²) in [6, 6.07) is 0. The van der Waals surface area contributed by atoms with Crippen molar-refractivity contribution in [2.45, 2.75) is 12.8 Å². The van der Waals surface area contributed by atoms with Gasteiger partial charge in [0.15, 0.2) is 0 Å². The first-order valence-electron chi connectivity index (χ1n) is 4.68. The Labute approximate surface area is 86.7 Å². The molecule has 15 heavy (non-hydrogen) atoms. The molecule has 0 N–H and O–H groups in total. The summed E-state index contributed by atoms with van der Waals surface area (Å²) in [6.07, 6.45) is 9.18. The van der Waals surface area contributed by atoms with Gasteiger partial charge in [-0.2, -0.15) is 14.8 Å². The van der Waals surface area contributed by atoms with Crippen molar-refractivity contribution in [1.29, 1.82) is 0 Å². The Hall–Kier alpha value is -1.91. The lowest BCUT2D eigenvalue weighted by molar-refractivity contribution is 0.389. The molecule has 1 aliphatic carbocycles. The van der Waals surface area contributed by atoms with Gasteiger partial charge < -0.3 is 4.74 Å². The van der Waals surface area contributed by atoms with Gasteiger partial charge in [0, 0.05) is 0 Å². The second-order valence-electron chi connectivity index (χ2n) is 3.10. The van der Waals surface area contributed by atoms with Crippen LogP contribution in [0.2, 0.25) is 0 Å². The minimum atomic E-state index is -0.424. The van der Waals surface area contributed by atoms with Crippen molar-refractivity contribution in [2.24, 2.45) is 0 Å². The van der Waals surface area contributed by atoms with E-state index in [0.29, 0.717) is 0 Å². The molecule has 0 spiro atoms. The summed E-state index contributed by atoms with van der Waals surface area (Å²) in [5.41, 5.74) is 0.341.